The highest BCUT2D eigenvalue weighted by Crippen LogP contribution is 2.32. The van der Waals surface area contributed by atoms with Gasteiger partial charge in [-0.15, -0.1) is 11.3 Å². The number of benzene rings is 1. The SMILES string of the molecule is CCc1nc2scc(-c3ccc(Br)cc3)c2c(=O)n1C(C)C(N)=O. The molecule has 0 saturated heterocycles. The highest BCUT2D eigenvalue weighted by Gasteiger charge is 2.21. The molecular weight excluding hydrogens is 390 g/mol. The number of primary amides is 1. The zero-order valence-corrected chi connectivity index (χ0v) is 15.6. The van der Waals surface area contributed by atoms with Crippen LogP contribution in [0.1, 0.15) is 25.7 Å². The first-order chi connectivity index (χ1) is 11.4. The number of nitrogens with two attached hydrogens (primary N) is 1. The van der Waals surface area contributed by atoms with Gasteiger partial charge in [0.05, 0.1) is 5.39 Å². The van der Waals surface area contributed by atoms with Crippen molar-refractivity contribution in [3.05, 3.63) is 50.3 Å². The number of amides is 1. The minimum atomic E-state index is -0.734. The number of carbonyl (C=O) groups excluding carboxylic acids is 1. The molecule has 0 spiro atoms. The molecule has 0 aliphatic rings. The fourth-order valence-corrected chi connectivity index (χ4v) is 3.88. The smallest absolute Gasteiger partial charge is 0.263 e. The van der Waals surface area contributed by atoms with E-state index >= 15 is 0 Å². The Kier molecular flexibility index (Phi) is 4.56. The van der Waals surface area contributed by atoms with Crippen LogP contribution in [-0.2, 0) is 11.2 Å². The van der Waals surface area contributed by atoms with E-state index in [2.05, 4.69) is 20.9 Å². The number of halogens is 1. The van der Waals surface area contributed by atoms with Crippen LogP contribution >= 0.6 is 27.3 Å². The molecule has 0 bridgehead atoms. The van der Waals surface area contributed by atoms with Gasteiger partial charge in [-0.25, -0.2) is 4.98 Å². The highest BCUT2D eigenvalue weighted by molar-refractivity contribution is 9.10. The van der Waals surface area contributed by atoms with Gasteiger partial charge >= 0.3 is 0 Å². The molecule has 3 rings (SSSR count). The molecule has 2 N–H and O–H groups in total. The van der Waals surface area contributed by atoms with Crippen molar-refractivity contribution in [3.63, 3.8) is 0 Å². The van der Waals surface area contributed by atoms with Crippen molar-refractivity contribution in [2.24, 2.45) is 5.73 Å². The van der Waals surface area contributed by atoms with Crippen molar-refractivity contribution < 1.29 is 4.79 Å². The first kappa shape index (κ1) is 16.9. The Balaban J connectivity index is 2.32. The summed E-state index contributed by atoms with van der Waals surface area (Å²) in [5.41, 5.74) is 6.96. The third-order valence-electron chi connectivity index (χ3n) is 3.98. The Bertz CT molecular complexity index is 976. The molecule has 0 fully saturated rings. The Morgan fingerprint density at radius 2 is 2.04 bits per heavy atom. The Hall–Kier alpha value is -1.99. The summed E-state index contributed by atoms with van der Waals surface area (Å²) in [6.45, 7) is 3.53. The maximum absolute atomic E-state index is 13.1. The van der Waals surface area contributed by atoms with Crippen molar-refractivity contribution in [1.82, 2.24) is 9.55 Å². The number of carbonyl (C=O) groups is 1. The summed E-state index contributed by atoms with van der Waals surface area (Å²) in [5, 5.41) is 2.47. The van der Waals surface area contributed by atoms with Crippen molar-refractivity contribution in [1.29, 1.82) is 0 Å². The van der Waals surface area contributed by atoms with Crippen LogP contribution < -0.4 is 11.3 Å². The highest BCUT2D eigenvalue weighted by atomic mass is 79.9. The molecule has 1 unspecified atom stereocenters. The van der Waals surface area contributed by atoms with E-state index in [1.165, 1.54) is 15.9 Å². The zero-order valence-electron chi connectivity index (χ0n) is 13.2. The van der Waals surface area contributed by atoms with Gasteiger partial charge in [-0.3, -0.25) is 14.2 Å². The number of hydrogen-bond donors (Lipinski definition) is 1. The number of nitrogens with zero attached hydrogens (tertiary/aromatic N) is 2. The van der Waals surface area contributed by atoms with E-state index in [9.17, 15) is 9.59 Å². The molecule has 2 aromatic heterocycles. The first-order valence-corrected chi connectivity index (χ1v) is 9.19. The van der Waals surface area contributed by atoms with Gasteiger partial charge in [0.2, 0.25) is 5.91 Å². The Labute approximate surface area is 151 Å². The lowest BCUT2D eigenvalue weighted by molar-refractivity contribution is -0.120. The van der Waals surface area contributed by atoms with Crippen LogP contribution in [-0.4, -0.2) is 15.5 Å². The number of thiophene rings is 1. The molecule has 24 heavy (non-hydrogen) atoms. The lowest BCUT2D eigenvalue weighted by atomic mass is 10.1. The fourth-order valence-electron chi connectivity index (χ4n) is 2.66. The van der Waals surface area contributed by atoms with E-state index in [0.29, 0.717) is 22.5 Å². The molecule has 1 atom stereocenters. The Morgan fingerprint density at radius 1 is 1.38 bits per heavy atom. The summed E-state index contributed by atoms with van der Waals surface area (Å²) >= 11 is 4.84. The fraction of sp³-hybridized carbons (Fsp3) is 0.235. The van der Waals surface area contributed by atoms with Gasteiger partial charge in [-0.2, -0.15) is 0 Å². The summed E-state index contributed by atoms with van der Waals surface area (Å²) in [6.07, 6.45) is 0.550. The van der Waals surface area contributed by atoms with Gasteiger partial charge in [0.15, 0.2) is 0 Å². The van der Waals surface area contributed by atoms with Crippen LogP contribution in [0.2, 0.25) is 0 Å². The molecule has 0 aliphatic heterocycles. The van der Waals surface area contributed by atoms with E-state index in [0.717, 1.165) is 15.6 Å². The molecule has 2 heterocycles. The molecule has 1 aromatic carbocycles. The molecule has 7 heteroatoms. The third-order valence-corrected chi connectivity index (χ3v) is 5.38. The largest absolute Gasteiger partial charge is 0.368 e. The van der Waals surface area contributed by atoms with Crippen molar-refractivity contribution in [3.8, 4) is 11.1 Å². The lowest BCUT2D eigenvalue weighted by Gasteiger charge is -2.16. The van der Waals surface area contributed by atoms with Gasteiger partial charge < -0.3 is 5.73 Å². The second-order valence-corrected chi connectivity index (χ2v) is 7.25. The second kappa shape index (κ2) is 6.49. The maximum atomic E-state index is 13.1. The summed E-state index contributed by atoms with van der Waals surface area (Å²) < 4.78 is 2.39. The monoisotopic (exact) mass is 405 g/mol. The molecular formula is C17H16BrN3O2S. The van der Waals surface area contributed by atoms with Crippen molar-refractivity contribution in [2.45, 2.75) is 26.3 Å². The maximum Gasteiger partial charge on any atom is 0.263 e. The summed E-state index contributed by atoms with van der Waals surface area (Å²) in [5.74, 6) is 0.0244. The van der Waals surface area contributed by atoms with Crippen molar-refractivity contribution in [2.75, 3.05) is 0 Å². The molecule has 3 aromatic rings. The van der Waals surface area contributed by atoms with Gasteiger partial charge in [-0.1, -0.05) is 35.0 Å². The van der Waals surface area contributed by atoms with Crippen LogP contribution in [0.25, 0.3) is 21.3 Å². The molecule has 124 valence electrons. The summed E-state index contributed by atoms with van der Waals surface area (Å²) in [7, 11) is 0. The van der Waals surface area contributed by atoms with Crippen LogP contribution in [0.5, 0.6) is 0 Å². The van der Waals surface area contributed by atoms with E-state index in [1.807, 2.05) is 36.6 Å². The predicted octanol–water partition coefficient (Wildman–Crippen LogP) is 3.50. The average molecular weight is 406 g/mol. The number of hydrogen-bond acceptors (Lipinski definition) is 4. The van der Waals surface area contributed by atoms with Crippen LogP contribution in [0.15, 0.2) is 38.9 Å². The van der Waals surface area contributed by atoms with E-state index < -0.39 is 11.9 Å². The second-order valence-electron chi connectivity index (χ2n) is 5.47. The van der Waals surface area contributed by atoms with Crippen LogP contribution in [0.4, 0.5) is 0 Å². The number of aryl methyl sites for hydroxylation is 1. The molecule has 1 amide bonds. The molecule has 0 radical (unpaired) electrons. The van der Waals surface area contributed by atoms with Gasteiger partial charge in [0.25, 0.3) is 5.56 Å². The topological polar surface area (TPSA) is 78.0 Å². The van der Waals surface area contributed by atoms with Crippen molar-refractivity contribution >= 4 is 43.4 Å². The normalized spacial score (nSPS) is 12.5. The van der Waals surface area contributed by atoms with Gasteiger partial charge in [0.1, 0.15) is 16.7 Å². The van der Waals surface area contributed by atoms with Gasteiger partial charge in [-0.05, 0) is 24.6 Å². The zero-order chi connectivity index (χ0) is 17.4. The number of aromatic nitrogens is 2. The predicted molar refractivity (Wildman–Crippen MR) is 100 cm³/mol. The molecule has 0 saturated carbocycles. The van der Waals surface area contributed by atoms with E-state index in [4.69, 9.17) is 5.73 Å². The minimum absolute atomic E-state index is 0.220. The average Bonchev–Trinajstić information content (AvgIpc) is 2.99. The third kappa shape index (κ3) is 2.78. The quantitative estimate of drug-likeness (QED) is 0.721. The minimum Gasteiger partial charge on any atom is -0.368 e. The van der Waals surface area contributed by atoms with Gasteiger partial charge in [0, 0.05) is 21.8 Å². The number of rotatable bonds is 4. The summed E-state index contributed by atoms with van der Waals surface area (Å²) in [6, 6.07) is 7.01. The molecule has 5 nitrogen and oxygen atoms in total. The van der Waals surface area contributed by atoms with E-state index in [1.54, 1.807) is 6.92 Å². The standard InChI is InChI=1S/C17H16BrN3O2S/c1-3-13-20-16-14(17(23)21(13)9(2)15(19)22)12(8-24-16)10-4-6-11(18)7-5-10/h4-9H,3H2,1-2H3,(H2,19,22). The van der Waals surface area contributed by atoms with Crippen LogP contribution in [0, 0.1) is 0 Å². The van der Waals surface area contributed by atoms with E-state index in [-0.39, 0.29) is 5.56 Å². The lowest BCUT2D eigenvalue weighted by Crippen LogP contribution is -2.34. The summed E-state index contributed by atoms with van der Waals surface area (Å²) in [4.78, 5) is 30.0. The Morgan fingerprint density at radius 3 is 2.62 bits per heavy atom. The van der Waals surface area contributed by atoms with Crippen LogP contribution in [0.3, 0.4) is 0 Å². The first-order valence-electron chi connectivity index (χ1n) is 7.52. The number of fused-ring (bicyclic) bond motifs is 1. The molecule has 0 aliphatic carbocycles.